The third-order valence-electron chi connectivity index (χ3n) is 1.69. The molecule has 1 rings (SSSR count). The fourth-order valence-corrected chi connectivity index (χ4v) is 1.11. The van der Waals surface area contributed by atoms with E-state index >= 15 is 0 Å². The molecule has 0 aromatic rings. The fourth-order valence-electron chi connectivity index (χ4n) is 1.11. The second-order valence-corrected chi connectivity index (χ2v) is 2.27. The van der Waals surface area contributed by atoms with Gasteiger partial charge in [-0.3, -0.25) is 5.84 Å². The van der Waals surface area contributed by atoms with Crippen molar-refractivity contribution in [3.05, 3.63) is 0 Å². The Morgan fingerprint density at radius 2 is 2.38 bits per heavy atom. The Hall–Kier alpha value is -0.120. The molecule has 1 aliphatic heterocycles. The molecular formula is C5H13N3. The van der Waals surface area contributed by atoms with Gasteiger partial charge in [-0.25, -0.2) is 5.01 Å². The molecule has 48 valence electrons. The molecule has 1 aliphatic rings. The number of nitrogens with zero attached hydrogens (tertiary/aromatic N) is 1. The first-order valence-electron chi connectivity index (χ1n) is 3.06. The molecule has 8 heavy (non-hydrogen) atoms. The molecular weight excluding hydrogens is 102 g/mol. The molecule has 0 aromatic carbocycles. The van der Waals surface area contributed by atoms with Crippen LogP contribution in [0.15, 0.2) is 0 Å². The van der Waals surface area contributed by atoms with Crippen LogP contribution in [-0.2, 0) is 0 Å². The minimum Gasteiger partial charge on any atom is -0.329 e. The zero-order valence-corrected chi connectivity index (χ0v) is 5.01. The van der Waals surface area contributed by atoms with Gasteiger partial charge in [0.25, 0.3) is 0 Å². The van der Waals surface area contributed by atoms with E-state index in [0.717, 1.165) is 6.54 Å². The van der Waals surface area contributed by atoms with E-state index in [2.05, 4.69) is 0 Å². The van der Waals surface area contributed by atoms with Gasteiger partial charge < -0.3 is 5.73 Å². The second-order valence-electron chi connectivity index (χ2n) is 2.27. The molecule has 1 atom stereocenters. The summed E-state index contributed by atoms with van der Waals surface area (Å²) in [6, 6.07) is 0.454. The topological polar surface area (TPSA) is 55.3 Å². The van der Waals surface area contributed by atoms with E-state index in [1.54, 1.807) is 0 Å². The van der Waals surface area contributed by atoms with Gasteiger partial charge in [-0.15, -0.1) is 0 Å². The van der Waals surface area contributed by atoms with Crippen molar-refractivity contribution in [2.45, 2.75) is 18.9 Å². The van der Waals surface area contributed by atoms with Crippen molar-refractivity contribution in [2.24, 2.45) is 11.6 Å². The monoisotopic (exact) mass is 115 g/mol. The summed E-state index contributed by atoms with van der Waals surface area (Å²) in [6.07, 6.45) is 2.38. The lowest BCUT2D eigenvalue weighted by atomic mass is 10.2. The summed E-state index contributed by atoms with van der Waals surface area (Å²) in [4.78, 5) is 0. The highest BCUT2D eigenvalue weighted by Crippen LogP contribution is 2.10. The Kier molecular flexibility index (Phi) is 1.83. The highest BCUT2D eigenvalue weighted by Gasteiger charge is 2.18. The Bertz CT molecular complexity index is 74.1. The maximum Gasteiger partial charge on any atom is 0.0364 e. The molecule has 4 N–H and O–H groups in total. The third-order valence-corrected chi connectivity index (χ3v) is 1.69. The maximum absolute atomic E-state index is 5.54. The van der Waals surface area contributed by atoms with Crippen LogP contribution >= 0.6 is 0 Å². The van der Waals surface area contributed by atoms with Crippen LogP contribution < -0.4 is 11.6 Å². The first-order chi connectivity index (χ1) is 3.84. The van der Waals surface area contributed by atoms with E-state index in [-0.39, 0.29) is 0 Å². The van der Waals surface area contributed by atoms with Crippen molar-refractivity contribution in [3.8, 4) is 0 Å². The van der Waals surface area contributed by atoms with Gasteiger partial charge in [-0.1, -0.05) is 0 Å². The number of hydrazine groups is 1. The molecule has 1 saturated heterocycles. The van der Waals surface area contributed by atoms with Gasteiger partial charge in [0.05, 0.1) is 0 Å². The minimum absolute atomic E-state index is 0.454. The van der Waals surface area contributed by atoms with E-state index in [9.17, 15) is 0 Å². The predicted molar refractivity (Wildman–Crippen MR) is 33.0 cm³/mol. The van der Waals surface area contributed by atoms with Crippen molar-refractivity contribution >= 4 is 0 Å². The Labute approximate surface area is 49.6 Å². The normalized spacial score (nSPS) is 31.5. The van der Waals surface area contributed by atoms with E-state index in [1.807, 2.05) is 5.01 Å². The van der Waals surface area contributed by atoms with Crippen LogP contribution in [0.25, 0.3) is 0 Å². The van der Waals surface area contributed by atoms with Gasteiger partial charge in [-0.2, -0.15) is 0 Å². The van der Waals surface area contributed by atoms with Crippen molar-refractivity contribution in [1.82, 2.24) is 5.01 Å². The van der Waals surface area contributed by atoms with Crippen LogP contribution in [0.3, 0.4) is 0 Å². The summed E-state index contributed by atoms with van der Waals surface area (Å²) in [5, 5.41) is 1.83. The van der Waals surface area contributed by atoms with Gasteiger partial charge in [0, 0.05) is 19.1 Å². The molecule has 3 nitrogen and oxygen atoms in total. The van der Waals surface area contributed by atoms with Crippen LogP contribution in [-0.4, -0.2) is 24.1 Å². The minimum atomic E-state index is 0.454. The van der Waals surface area contributed by atoms with Gasteiger partial charge in [0.2, 0.25) is 0 Å². The molecule has 1 heterocycles. The molecule has 3 heteroatoms. The number of hydrogen-bond donors (Lipinski definition) is 2. The number of nitrogens with two attached hydrogens (primary N) is 2. The van der Waals surface area contributed by atoms with Gasteiger partial charge in [0.1, 0.15) is 0 Å². The Balaban J connectivity index is 2.30. The predicted octanol–water partition coefficient (Wildman–Crippen LogP) is -0.717. The highest BCUT2D eigenvalue weighted by atomic mass is 15.4. The average Bonchev–Trinajstić information content (AvgIpc) is 2.14. The first kappa shape index (κ1) is 6.01. The Morgan fingerprint density at radius 3 is 2.62 bits per heavy atom. The van der Waals surface area contributed by atoms with E-state index in [0.29, 0.717) is 12.6 Å². The average molecular weight is 115 g/mol. The van der Waals surface area contributed by atoms with Crippen LogP contribution in [0.5, 0.6) is 0 Å². The Morgan fingerprint density at radius 1 is 1.62 bits per heavy atom. The zero-order valence-electron chi connectivity index (χ0n) is 5.01. The lowest BCUT2D eigenvalue weighted by Gasteiger charge is -2.15. The van der Waals surface area contributed by atoms with Crippen LogP contribution in [0.2, 0.25) is 0 Å². The molecule has 0 saturated carbocycles. The zero-order chi connectivity index (χ0) is 5.98. The van der Waals surface area contributed by atoms with Crippen molar-refractivity contribution < 1.29 is 0 Å². The standard InChI is InChI=1S/C5H13N3/c6-4-5-2-1-3-8(5)7/h5H,1-4,6-7H2. The fraction of sp³-hybridized carbons (Fsp3) is 1.00. The maximum atomic E-state index is 5.54. The van der Waals surface area contributed by atoms with Crippen LogP contribution in [0, 0.1) is 0 Å². The third kappa shape index (κ3) is 0.992. The quantitative estimate of drug-likeness (QED) is 0.443. The number of hydrogen-bond acceptors (Lipinski definition) is 3. The summed E-state index contributed by atoms with van der Waals surface area (Å²) in [5.74, 6) is 5.54. The van der Waals surface area contributed by atoms with Gasteiger partial charge in [-0.05, 0) is 12.8 Å². The van der Waals surface area contributed by atoms with Gasteiger partial charge in [0.15, 0.2) is 0 Å². The number of rotatable bonds is 1. The van der Waals surface area contributed by atoms with Gasteiger partial charge >= 0.3 is 0 Å². The van der Waals surface area contributed by atoms with E-state index in [1.165, 1.54) is 12.8 Å². The van der Waals surface area contributed by atoms with Crippen molar-refractivity contribution in [3.63, 3.8) is 0 Å². The second kappa shape index (κ2) is 2.44. The summed E-state index contributed by atoms with van der Waals surface area (Å²) >= 11 is 0. The first-order valence-corrected chi connectivity index (χ1v) is 3.06. The summed E-state index contributed by atoms with van der Waals surface area (Å²) in [5.41, 5.74) is 5.40. The van der Waals surface area contributed by atoms with Crippen molar-refractivity contribution in [2.75, 3.05) is 13.1 Å². The molecule has 0 aromatic heterocycles. The van der Waals surface area contributed by atoms with E-state index in [4.69, 9.17) is 11.6 Å². The summed E-state index contributed by atoms with van der Waals surface area (Å²) < 4.78 is 0. The molecule has 0 aliphatic carbocycles. The van der Waals surface area contributed by atoms with Crippen molar-refractivity contribution in [1.29, 1.82) is 0 Å². The smallest absolute Gasteiger partial charge is 0.0364 e. The van der Waals surface area contributed by atoms with E-state index < -0.39 is 0 Å². The molecule has 1 unspecified atom stereocenters. The molecule has 0 spiro atoms. The SMILES string of the molecule is NCC1CCCN1N. The molecule has 0 bridgehead atoms. The molecule has 0 radical (unpaired) electrons. The molecule has 1 fully saturated rings. The summed E-state index contributed by atoms with van der Waals surface area (Å²) in [6.45, 7) is 1.72. The lowest BCUT2D eigenvalue weighted by molar-refractivity contribution is 0.267. The van der Waals surface area contributed by atoms with Crippen LogP contribution in [0.1, 0.15) is 12.8 Å². The van der Waals surface area contributed by atoms with Crippen LogP contribution in [0.4, 0.5) is 0 Å². The highest BCUT2D eigenvalue weighted by molar-refractivity contribution is 4.74. The lowest BCUT2D eigenvalue weighted by Crippen LogP contribution is -2.40. The summed E-state index contributed by atoms with van der Waals surface area (Å²) in [7, 11) is 0. The largest absolute Gasteiger partial charge is 0.329 e. The molecule has 0 amide bonds.